The highest BCUT2D eigenvalue weighted by atomic mass is 16.5. The van der Waals surface area contributed by atoms with Gasteiger partial charge in [0.1, 0.15) is 6.29 Å². The summed E-state index contributed by atoms with van der Waals surface area (Å²) in [6.45, 7) is 1.81. The first kappa shape index (κ1) is 12.8. The van der Waals surface area contributed by atoms with Gasteiger partial charge in [0, 0.05) is 13.2 Å². The molecule has 2 heterocycles. The highest BCUT2D eigenvalue weighted by molar-refractivity contribution is 5.63. The molecule has 0 amide bonds. The van der Waals surface area contributed by atoms with E-state index in [9.17, 15) is 4.79 Å². The largest absolute Gasteiger partial charge is 0.374 e. The number of rotatable bonds is 2. The Labute approximate surface area is 114 Å². The van der Waals surface area contributed by atoms with Crippen molar-refractivity contribution in [1.29, 1.82) is 0 Å². The minimum Gasteiger partial charge on any atom is -0.374 e. The monoisotopic (exact) mass is 259 g/mol. The first-order valence-electron chi connectivity index (χ1n) is 7.19. The van der Waals surface area contributed by atoms with Gasteiger partial charge in [-0.2, -0.15) is 0 Å². The maximum absolute atomic E-state index is 11.3. The smallest absolute Gasteiger partial charge is 0.141 e. The van der Waals surface area contributed by atoms with E-state index in [-0.39, 0.29) is 12.1 Å². The normalized spacial score (nSPS) is 27.8. The van der Waals surface area contributed by atoms with Crippen molar-refractivity contribution in [2.24, 2.45) is 0 Å². The van der Waals surface area contributed by atoms with Crippen molar-refractivity contribution in [1.82, 2.24) is 4.90 Å². The summed E-state index contributed by atoms with van der Waals surface area (Å²) < 4.78 is 5.85. The third-order valence-electron chi connectivity index (χ3n) is 4.38. The van der Waals surface area contributed by atoms with Gasteiger partial charge >= 0.3 is 0 Å². The molecule has 3 heteroatoms. The average Bonchev–Trinajstić information content (AvgIpc) is 2.47. The van der Waals surface area contributed by atoms with E-state index < -0.39 is 0 Å². The van der Waals surface area contributed by atoms with E-state index in [2.05, 4.69) is 23.1 Å². The minimum absolute atomic E-state index is 0.0905. The predicted octanol–water partition coefficient (Wildman–Crippen LogP) is 2.66. The van der Waals surface area contributed by atoms with Gasteiger partial charge in [-0.25, -0.2) is 0 Å². The lowest BCUT2D eigenvalue weighted by molar-refractivity contribution is -0.112. The number of likely N-dealkylation sites (N-methyl/N-ethyl adjacent to an activating group) is 1. The van der Waals surface area contributed by atoms with E-state index in [0.717, 1.165) is 32.3 Å². The maximum atomic E-state index is 11.3. The number of hydrogen-bond acceptors (Lipinski definition) is 3. The molecule has 2 aliphatic rings. The van der Waals surface area contributed by atoms with Crippen molar-refractivity contribution in [2.75, 3.05) is 20.2 Å². The standard InChI is InChI=1S/C16H21NO2/c1-17-8-7-12-5-6-13(10-14(12)15(17)11-18)16-4-2-3-9-19-16/h5-6,10-11,15-16H,2-4,7-9H2,1H3/t15?,16-/m1/s1. The molecule has 1 aromatic carbocycles. The van der Waals surface area contributed by atoms with Crippen molar-refractivity contribution in [2.45, 2.75) is 37.8 Å². The summed E-state index contributed by atoms with van der Waals surface area (Å²) in [6.07, 6.45) is 5.81. The summed E-state index contributed by atoms with van der Waals surface area (Å²) in [5.74, 6) is 0. The third-order valence-corrected chi connectivity index (χ3v) is 4.38. The van der Waals surface area contributed by atoms with E-state index in [1.807, 2.05) is 7.05 Å². The van der Waals surface area contributed by atoms with E-state index >= 15 is 0 Å². The highest BCUT2D eigenvalue weighted by Gasteiger charge is 2.26. The van der Waals surface area contributed by atoms with Crippen LogP contribution in [0.2, 0.25) is 0 Å². The third kappa shape index (κ3) is 2.45. The van der Waals surface area contributed by atoms with Crippen LogP contribution in [0.1, 0.15) is 48.1 Å². The van der Waals surface area contributed by atoms with E-state index in [1.54, 1.807) is 0 Å². The summed E-state index contributed by atoms with van der Waals surface area (Å²) >= 11 is 0. The number of hydrogen-bond donors (Lipinski definition) is 0. The fourth-order valence-corrected chi connectivity index (χ4v) is 3.17. The number of ether oxygens (including phenoxy) is 1. The second kappa shape index (κ2) is 5.43. The molecule has 2 aliphatic heterocycles. The molecule has 0 aromatic heterocycles. The van der Waals surface area contributed by atoms with Crippen molar-refractivity contribution >= 4 is 6.29 Å². The number of carbonyl (C=O) groups excluding carboxylic acids is 1. The first-order chi connectivity index (χ1) is 9.29. The number of carbonyl (C=O) groups is 1. The quantitative estimate of drug-likeness (QED) is 0.765. The van der Waals surface area contributed by atoms with Crippen LogP contribution in [0.3, 0.4) is 0 Å². The Morgan fingerprint density at radius 3 is 3.00 bits per heavy atom. The molecule has 0 saturated carbocycles. The fraction of sp³-hybridized carbons (Fsp3) is 0.562. The van der Waals surface area contributed by atoms with Crippen LogP contribution in [0.4, 0.5) is 0 Å². The second-order valence-electron chi connectivity index (χ2n) is 5.62. The summed E-state index contributed by atoms with van der Waals surface area (Å²) in [6, 6.07) is 6.47. The molecular weight excluding hydrogens is 238 g/mol. The molecule has 1 unspecified atom stereocenters. The van der Waals surface area contributed by atoms with Crippen molar-refractivity contribution < 1.29 is 9.53 Å². The van der Waals surface area contributed by atoms with Crippen molar-refractivity contribution in [3.63, 3.8) is 0 Å². The highest BCUT2D eigenvalue weighted by Crippen LogP contribution is 2.33. The zero-order chi connectivity index (χ0) is 13.2. The lowest BCUT2D eigenvalue weighted by Gasteiger charge is -2.32. The summed E-state index contributed by atoms with van der Waals surface area (Å²) in [4.78, 5) is 13.5. The van der Waals surface area contributed by atoms with Crippen molar-refractivity contribution in [3.8, 4) is 0 Å². The molecule has 3 nitrogen and oxygen atoms in total. The molecule has 3 rings (SSSR count). The molecule has 1 fully saturated rings. The van der Waals surface area contributed by atoms with Gasteiger partial charge in [0.2, 0.25) is 0 Å². The Hall–Kier alpha value is -1.19. The second-order valence-corrected chi connectivity index (χ2v) is 5.62. The van der Waals surface area contributed by atoms with Crippen LogP contribution in [-0.2, 0) is 16.0 Å². The lowest BCUT2D eigenvalue weighted by atomic mass is 9.89. The van der Waals surface area contributed by atoms with Gasteiger partial charge < -0.3 is 9.53 Å². The fourth-order valence-electron chi connectivity index (χ4n) is 3.17. The topological polar surface area (TPSA) is 29.5 Å². The predicted molar refractivity (Wildman–Crippen MR) is 74.1 cm³/mol. The maximum Gasteiger partial charge on any atom is 0.141 e. The lowest BCUT2D eigenvalue weighted by Crippen LogP contribution is -2.33. The molecule has 0 spiro atoms. The van der Waals surface area contributed by atoms with E-state index in [0.29, 0.717) is 0 Å². The first-order valence-corrected chi connectivity index (χ1v) is 7.19. The summed E-state index contributed by atoms with van der Waals surface area (Å²) in [5, 5.41) is 0. The van der Waals surface area contributed by atoms with Crippen molar-refractivity contribution in [3.05, 3.63) is 34.9 Å². The van der Waals surface area contributed by atoms with Crippen LogP contribution < -0.4 is 0 Å². The number of fused-ring (bicyclic) bond motifs is 1. The van der Waals surface area contributed by atoms with Crippen LogP contribution in [0.25, 0.3) is 0 Å². The van der Waals surface area contributed by atoms with E-state index in [4.69, 9.17) is 4.74 Å². The van der Waals surface area contributed by atoms with Crippen LogP contribution >= 0.6 is 0 Å². The van der Waals surface area contributed by atoms with Gasteiger partial charge in [0.15, 0.2) is 0 Å². The zero-order valence-electron chi connectivity index (χ0n) is 11.5. The van der Waals surface area contributed by atoms with Crippen LogP contribution in [-0.4, -0.2) is 31.4 Å². The van der Waals surface area contributed by atoms with Gasteiger partial charge in [0.05, 0.1) is 12.1 Å². The minimum atomic E-state index is -0.0905. The molecule has 1 aromatic rings. The van der Waals surface area contributed by atoms with Gasteiger partial charge in [-0.3, -0.25) is 4.90 Å². The Bertz CT molecular complexity index is 466. The molecule has 102 valence electrons. The van der Waals surface area contributed by atoms with Gasteiger partial charge in [0.25, 0.3) is 0 Å². The Morgan fingerprint density at radius 1 is 1.37 bits per heavy atom. The van der Waals surface area contributed by atoms with Crippen LogP contribution in [0.15, 0.2) is 18.2 Å². The Kier molecular flexibility index (Phi) is 3.67. The molecular formula is C16H21NO2. The summed E-state index contributed by atoms with van der Waals surface area (Å²) in [7, 11) is 2.02. The number of aldehydes is 1. The Balaban J connectivity index is 1.92. The van der Waals surface area contributed by atoms with Gasteiger partial charge in [-0.1, -0.05) is 18.2 Å². The molecule has 2 atom stereocenters. The van der Waals surface area contributed by atoms with E-state index in [1.165, 1.54) is 29.5 Å². The van der Waals surface area contributed by atoms with Crippen LogP contribution in [0, 0.1) is 0 Å². The summed E-state index contributed by atoms with van der Waals surface area (Å²) in [5.41, 5.74) is 3.73. The molecule has 1 saturated heterocycles. The number of nitrogens with zero attached hydrogens (tertiary/aromatic N) is 1. The zero-order valence-corrected chi connectivity index (χ0v) is 11.5. The van der Waals surface area contributed by atoms with Gasteiger partial charge in [-0.15, -0.1) is 0 Å². The molecule has 0 aliphatic carbocycles. The Morgan fingerprint density at radius 2 is 2.26 bits per heavy atom. The van der Waals surface area contributed by atoms with Gasteiger partial charge in [-0.05, 0) is 49.4 Å². The number of benzene rings is 1. The molecule has 0 radical (unpaired) electrons. The molecule has 0 bridgehead atoms. The van der Waals surface area contributed by atoms with Crippen LogP contribution in [0.5, 0.6) is 0 Å². The SMILES string of the molecule is CN1CCc2ccc([C@H]3CCCCO3)cc2C1C=O. The molecule has 0 N–H and O–H groups in total. The molecule has 19 heavy (non-hydrogen) atoms. The average molecular weight is 259 g/mol.